The quantitative estimate of drug-likeness (QED) is 0.223. The molecule has 0 bridgehead atoms. The van der Waals surface area contributed by atoms with E-state index >= 15 is 0 Å². The highest BCUT2D eigenvalue weighted by Crippen LogP contribution is 2.24. The fourth-order valence-corrected chi connectivity index (χ4v) is 2.58. The Labute approximate surface area is 153 Å². The highest BCUT2D eigenvalue weighted by atomic mass is 16.6. The number of hydrogen-bond donors (Lipinski definition) is 0. The van der Waals surface area contributed by atoms with Crippen LogP contribution in [-0.2, 0) is 4.79 Å². The molecular weight excluding hydrogens is 354 g/mol. The lowest BCUT2D eigenvalue weighted by Crippen LogP contribution is -2.18. The topological polar surface area (TPSA) is 109 Å². The van der Waals surface area contributed by atoms with Crippen molar-refractivity contribution in [2.75, 3.05) is 6.61 Å². The summed E-state index contributed by atoms with van der Waals surface area (Å²) in [5.74, 6) is -0.106. The molecule has 0 aliphatic carbocycles. The Morgan fingerprint density at radius 1 is 1.11 bits per heavy atom. The molecule has 27 heavy (non-hydrogen) atoms. The number of esters is 1. The Balaban J connectivity index is 1.68. The van der Waals surface area contributed by atoms with Crippen LogP contribution in [0, 0.1) is 24.0 Å². The van der Waals surface area contributed by atoms with Gasteiger partial charge in [-0.05, 0) is 43.2 Å². The fourth-order valence-electron chi connectivity index (χ4n) is 2.58. The lowest BCUT2D eigenvalue weighted by atomic mass is 10.1. The molecule has 1 aromatic heterocycles. The first-order valence-corrected chi connectivity index (χ1v) is 7.96. The molecule has 0 aliphatic heterocycles. The molecule has 0 atom stereocenters. The highest BCUT2D eigenvalue weighted by molar-refractivity contribution is 5.82. The van der Waals surface area contributed by atoms with E-state index in [1.54, 1.807) is 26.0 Å². The number of hydrogen-bond acceptors (Lipinski definition) is 7. The summed E-state index contributed by atoms with van der Waals surface area (Å²) in [7, 11) is 0. The van der Waals surface area contributed by atoms with E-state index in [-0.39, 0.29) is 18.0 Å². The van der Waals surface area contributed by atoms with Crippen molar-refractivity contribution in [3.05, 3.63) is 74.1 Å². The van der Waals surface area contributed by atoms with E-state index in [4.69, 9.17) is 13.9 Å². The molecule has 0 N–H and O–H groups in total. The summed E-state index contributed by atoms with van der Waals surface area (Å²) < 4.78 is 15.7. The van der Waals surface area contributed by atoms with Crippen molar-refractivity contribution >= 4 is 22.6 Å². The number of nitrogens with zero attached hydrogens (tertiary/aromatic N) is 1. The lowest BCUT2D eigenvalue weighted by Gasteiger charge is -2.09. The number of nitro benzene ring substituents is 1. The number of ether oxygens (including phenoxy) is 2. The van der Waals surface area contributed by atoms with Crippen molar-refractivity contribution in [2.45, 2.75) is 13.8 Å². The summed E-state index contributed by atoms with van der Waals surface area (Å²) in [5, 5.41) is 11.5. The first-order chi connectivity index (χ1) is 12.8. The van der Waals surface area contributed by atoms with Gasteiger partial charge in [0.05, 0.1) is 4.92 Å². The van der Waals surface area contributed by atoms with Crippen LogP contribution in [-0.4, -0.2) is 17.5 Å². The standard InChI is InChI=1S/C19H15NO7/c1-11-8-18(21)27-17-9-14(4-5-15(11)17)26-19(22)10-25-16-6-3-13(20(23)24)7-12(16)2/h3-9H,10H2,1-2H3. The van der Waals surface area contributed by atoms with Gasteiger partial charge in [-0.15, -0.1) is 0 Å². The Hall–Kier alpha value is -3.68. The van der Waals surface area contributed by atoms with Crippen LogP contribution >= 0.6 is 0 Å². The van der Waals surface area contributed by atoms with Gasteiger partial charge in [-0.1, -0.05) is 0 Å². The number of aryl methyl sites for hydroxylation is 2. The molecule has 8 nitrogen and oxygen atoms in total. The molecule has 1 heterocycles. The van der Waals surface area contributed by atoms with Crippen LogP contribution in [0.3, 0.4) is 0 Å². The summed E-state index contributed by atoms with van der Waals surface area (Å²) >= 11 is 0. The first kappa shape index (κ1) is 18.1. The summed E-state index contributed by atoms with van der Waals surface area (Å²) in [5.41, 5.74) is 1.06. The van der Waals surface area contributed by atoms with E-state index in [1.165, 1.54) is 30.3 Å². The molecule has 0 unspecified atom stereocenters. The molecule has 0 radical (unpaired) electrons. The van der Waals surface area contributed by atoms with Gasteiger partial charge in [-0.25, -0.2) is 9.59 Å². The maximum atomic E-state index is 12.0. The van der Waals surface area contributed by atoms with Gasteiger partial charge < -0.3 is 13.9 Å². The SMILES string of the molecule is Cc1cc([N+](=O)[O-])ccc1OCC(=O)Oc1ccc2c(C)cc(=O)oc2c1. The zero-order valence-electron chi connectivity index (χ0n) is 14.6. The number of nitro groups is 1. The van der Waals surface area contributed by atoms with Crippen molar-refractivity contribution in [3.8, 4) is 11.5 Å². The van der Waals surface area contributed by atoms with Crippen LogP contribution in [0.5, 0.6) is 11.5 Å². The highest BCUT2D eigenvalue weighted by Gasteiger charge is 2.12. The largest absolute Gasteiger partial charge is 0.482 e. The van der Waals surface area contributed by atoms with Crippen molar-refractivity contribution < 1.29 is 23.6 Å². The minimum absolute atomic E-state index is 0.0598. The van der Waals surface area contributed by atoms with Gasteiger partial charge >= 0.3 is 11.6 Å². The zero-order chi connectivity index (χ0) is 19.6. The van der Waals surface area contributed by atoms with Gasteiger partial charge in [-0.2, -0.15) is 0 Å². The third-order valence-electron chi connectivity index (χ3n) is 3.87. The van der Waals surface area contributed by atoms with E-state index in [1.807, 2.05) is 0 Å². The lowest BCUT2D eigenvalue weighted by molar-refractivity contribution is -0.384. The number of carbonyl (C=O) groups excluding carboxylic acids is 1. The Bertz CT molecular complexity index is 1100. The minimum Gasteiger partial charge on any atom is -0.482 e. The first-order valence-electron chi connectivity index (χ1n) is 7.96. The zero-order valence-corrected chi connectivity index (χ0v) is 14.6. The van der Waals surface area contributed by atoms with Crippen LogP contribution in [0.25, 0.3) is 11.0 Å². The van der Waals surface area contributed by atoms with Gasteiger partial charge in [-0.3, -0.25) is 10.1 Å². The summed E-state index contributed by atoms with van der Waals surface area (Å²) in [6.45, 7) is 3.04. The number of benzene rings is 2. The van der Waals surface area contributed by atoms with Gasteiger partial charge in [0, 0.05) is 29.7 Å². The third kappa shape index (κ3) is 4.12. The van der Waals surface area contributed by atoms with Gasteiger partial charge in [0.15, 0.2) is 6.61 Å². The number of non-ortho nitro benzene ring substituents is 1. The average Bonchev–Trinajstić information content (AvgIpc) is 2.60. The van der Waals surface area contributed by atoms with Crippen molar-refractivity contribution in [1.29, 1.82) is 0 Å². The van der Waals surface area contributed by atoms with E-state index in [0.717, 1.165) is 10.9 Å². The predicted octanol–water partition coefficient (Wildman–Crippen LogP) is 3.30. The molecule has 3 rings (SSSR count). The minimum atomic E-state index is -0.665. The second kappa shape index (κ2) is 7.28. The van der Waals surface area contributed by atoms with Crippen molar-refractivity contribution in [3.63, 3.8) is 0 Å². The van der Waals surface area contributed by atoms with Crippen LogP contribution in [0.15, 0.2) is 51.7 Å². The molecule has 0 fully saturated rings. The van der Waals surface area contributed by atoms with Crippen molar-refractivity contribution in [1.82, 2.24) is 0 Å². The molecule has 138 valence electrons. The molecule has 0 saturated heterocycles. The van der Waals surface area contributed by atoms with Gasteiger partial charge in [0.25, 0.3) is 5.69 Å². The molecule has 8 heteroatoms. The molecule has 0 spiro atoms. The molecule has 2 aromatic carbocycles. The Morgan fingerprint density at radius 3 is 2.59 bits per heavy atom. The molecular formula is C19H15NO7. The number of carbonyl (C=O) groups is 1. The summed E-state index contributed by atoms with van der Waals surface area (Å²) in [6, 6.07) is 10.2. The van der Waals surface area contributed by atoms with Gasteiger partial charge in [0.1, 0.15) is 17.1 Å². The average molecular weight is 369 g/mol. The summed E-state index contributed by atoms with van der Waals surface area (Å²) in [6.07, 6.45) is 0. The predicted molar refractivity (Wildman–Crippen MR) is 96.2 cm³/mol. The van der Waals surface area contributed by atoms with Gasteiger partial charge in [0.2, 0.25) is 0 Å². The molecule has 0 aliphatic rings. The molecule has 0 saturated carbocycles. The fraction of sp³-hybridized carbons (Fsp3) is 0.158. The third-order valence-corrected chi connectivity index (χ3v) is 3.87. The molecule has 0 amide bonds. The number of fused-ring (bicyclic) bond motifs is 1. The Kier molecular flexibility index (Phi) is 4.89. The maximum Gasteiger partial charge on any atom is 0.349 e. The second-order valence-electron chi connectivity index (χ2n) is 5.88. The van der Waals surface area contributed by atoms with E-state index in [0.29, 0.717) is 16.9 Å². The normalized spacial score (nSPS) is 10.6. The maximum absolute atomic E-state index is 12.0. The smallest absolute Gasteiger partial charge is 0.349 e. The van der Waals surface area contributed by atoms with Crippen molar-refractivity contribution in [2.24, 2.45) is 0 Å². The Morgan fingerprint density at radius 2 is 1.89 bits per heavy atom. The molecule has 3 aromatic rings. The second-order valence-corrected chi connectivity index (χ2v) is 5.88. The van der Waals surface area contributed by atoms with E-state index in [2.05, 4.69) is 0 Å². The number of rotatable bonds is 5. The van der Waals surface area contributed by atoms with Crippen LogP contribution in [0.2, 0.25) is 0 Å². The monoisotopic (exact) mass is 369 g/mol. The summed E-state index contributed by atoms with van der Waals surface area (Å²) in [4.78, 5) is 33.7. The van der Waals surface area contributed by atoms with Crippen LogP contribution < -0.4 is 15.1 Å². The van der Waals surface area contributed by atoms with E-state index in [9.17, 15) is 19.7 Å². The van der Waals surface area contributed by atoms with Crippen LogP contribution in [0.4, 0.5) is 5.69 Å². The van der Waals surface area contributed by atoms with Crippen LogP contribution in [0.1, 0.15) is 11.1 Å². The van der Waals surface area contributed by atoms with E-state index < -0.39 is 16.5 Å².